The zero-order valence-electron chi connectivity index (χ0n) is 11.9. The van der Waals surface area contributed by atoms with Gasteiger partial charge in [0.25, 0.3) is 0 Å². The van der Waals surface area contributed by atoms with Crippen molar-refractivity contribution in [2.45, 2.75) is 19.6 Å². The quantitative estimate of drug-likeness (QED) is 0.788. The fourth-order valence-corrected chi connectivity index (χ4v) is 2.22. The molecule has 3 nitrogen and oxygen atoms in total. The highest BCUT2D eigenvalue weighted by Gasteiger charge is 2.02. The van der Waals surface area contributed by atoms with Gasteiger partial charge in [-0.3, -0.25) is 4.98 Å². The maximum Gasteiger partial charge on any atom is 0.119 e. The Labute approximate surface area is 123 Å². The van der Waals surface area contributed by atoms with Crippen molar-refractivity contribution in [2.24, 2.45) is 0 Å². The number of fused-ring (bicyclic) bond motifs is 1. The molecule has 3 aromatic rings. The molecule has 0 aliphatic carbocycles. The monoisotopic (exact) mass is 279 g/mol. The molecule has 1 atom stereocenters. The Kier molecular flexibility index (Phi) is 3.84. The zero-order chi connectivity index (χ0) is 14.7. The number of hydrogen-bond donors (Lipinski definition) is 1. The first-order valence-corrected chi connectivity index (χ1v) is 6.97. The normalized spacial score (nSPS) is 12.3. The first-order chi connectivity index (χ1) is 10.2. The smallest absolute Gasteiger partial charge is 0.119 e. The molecule has 0 fully saturated rings. The lowest BCUT2D eigenvalue weighted by Crippen LogP contribution is -1.96. The van der Waals surface area contributed by atoms with Gasteiger partial charge in [0.1, 0.15) is 12.4 Å². The minimum absolute atomic E-state index is 0.452. The summed E-state index contributed by atoms with van der Waals surface area (Å²) in [6, 6.07) is 17.6. The second kappa shape index (κ2) is 5.94. The largest absolute Gasteiger partial charge is 0.489 e. The third-order valence-electron chi connectivity index (χ3n) is 3.44. The van der Waals surface area contributed by atoms with E-state index in [-0.39, 0.29) is 0 Å². The van der Waals surface area contributed by atoms with Gasteiger partial charge in [-0.25, -0.2) is 0 Å². The number of pyridine rings is 1. The second-order valence-electron chi connectivity index (χ2n) is 5.06. The van der Waals surface area contributed by atoms with Gasteiger partial charge in [-0.1, -0.05) is 24.3 Å². The molecular weight excluding hydrogens is 262 g/mol. The van der Waals surface area contributed by atoms with Gasteiger partial charge in [0.2, 0.25) is 0 Å². The van der Waals surface area contributed by atoms with E-state index in [1.165, 1.54) is 0 Å². The van der Waals surface area contributed by atoms with Crippen LogP contribution in [-0.2, 0) is 6.61 Å². The van der Waals surface area contributed by atoms with E-state index in [0.29, 0.717) is 6.61 Å². The number of aromatic nitrogens is 1. The fraction of sp³-hybridized carbons (Fsp3) is 0.167. The molecule has 2 aromatic carbocycles. The number of rotatable bonds is 4. The number of benzene rings is 2. The summed E-state index contributed by atoms with van der Waals surface area (Å²) in [5, 5.41) is 10.6. The zero-order valence-corrected chi connectivity index (χ0v) is 11.9. The van der Waals surface area contributed by atoms with Crippen molar-refractivity contribution in [3.05, 3.63) is 71.9 Å². The Morgan fingerprint density at radius 2 is 1.90 bits per heavy atom. The Morgan fingerprint density at radius 3 is 2.67 bits per heavy atom. The summed E-state index contributed by atoms with van der Waals surface area (Å²) in [4.78, 5) is 4.30. The molecule has 1 heterocycles. The topological polar surface area (TPSA) is 42.4 Å². The Balaban J connectivity index is 1.71. The average Bonchev–Trinajstić information content (AvgIpc) is 2.53. The lowest BCUT2D eigenvalue weighted by Gasteiger charge is -2.09. The van der Waals surface area contributed by atoms with Crippen LogP contribution < -0.4 is 4.74 Å². The third kappa shape index (κ3) is 3.20. The standard InChI is InChI=1S/C18H17NO2/c1-13(20)15-5-7-17(8-6-15)21-12-14-4-9-18-16(11-14)3-2-10-19-18/h2-11,13,20H,12H2,1H3/t13-/m1/s1. The molecule has 21 heavy (non-hydrogen) atoms. The molecule has 0 aliphatic heterocycles. The highest BCUT2D eigenvalue weighted by Crippen LogP contribution is 2.19. The molecule has 1 N–H and O–H groups in total. The van der Waals surface area contributed by atoms with E-state index >= 15 is 0 Å². The molecule has 0 saturated carbocycles. The Morgan fingerprint density at radius 1 is 1.10 bits per heavy atom. The molecular formula is C18H17NO2. The summed E-state index contributed by atoms with van der Waals surface area (Å²) in [5.41, 5.74) is 2.98. The van der Waals surface area contributed by atoms with Gasteiger partial charge in [0.05, 0.1) is 11.6 Å². The van der Waals surface area contributed by atoms with Crippen molar-refractivity contribution < 1.29 is 9.84 Å². The SMILES string of the molecule is C[C@@H](O)c1ccc(OCc2ccc3ncccc3c2)cc1. The summed E-state index contributed by atoms with van der Waals surface area (Å²) < 4.78 is 5.77. The van der Waals surface area contributed by atoms with E-state index in [9.17, 15) is 5.11 Å². The van der Waals surface area contributed by atoms with Gasteiger partial charge in [0.15, 0.2) is 0 Å². The molecule has 0 aliphatic rings. The summed E-state index contributed by atoms with van der Waals surface area (Å²) >= 11 is 0. The predicted molar refractivity (Wildman–Crippen MR) is 83.2 cm³/mol. The van der Waals surface area contributed by atoms with Gasteiger partial charge in [-0.2, -0.15) is 0 Å². The maximum atomic E-state index is 9.48. The molecule has 0 amide bonds. The number of aliphatic hydroxyl groups excluding tert-OH is 1. The first-order valence-electron chi connectivity index (χ1n) is 6.97. The number of aliphatic hydroxyl groups is 1. The van der Waals surface area contributed by atoms with Gasteiger partial charge in [0, 0.05) is 11.6 Å². The van der Waals surface area contributed by atoms with Crippen LogP contribution in [0.15, 0.2) is 60.8 Å². The lowest BCUT2D eigenvalue weighted by atomic mass is 10.1. The molecule has 0 radical (unpaired) electrons. The summed E-state index contributed by atoms with van der Waals surface area (Å²) in [6.07, 6.45) is 1.34. The minimum Gasteiger partial charge on any atom is -0.489 e. The van der Waals surface area contributed by atoms with Gasteiger partial charge in [-0.15, -0.1) is 0 Å². The van der Waals surface area contributed by atoms with Crippen LogP contribution in [0.25, 0.3) is 10.9 Å². The van der Waals surface area contributed by atoms with Crippen molar-refractivity contribution in [3.63, 3.8) is 0 Å². The van der Waals surface area contributed by atoms with Crippen molar-refractivity contribution in [2.75, 3.05) is 0 Å². The number of ether oxygens (including phenoxy) is 1. The molecule has 0 unspecified atom stereocenters. The molecule has 1 aromatic heterocycles. The first kappa shape index (κ1) is 13.6. The number of nitrogens with zero attached hydrogens (tertiary/aromatic N) is 1. The van der Waals surface area contributed by atoms with E-state index in [4.69, 9.17) is 4.74 Å². The van der Waals surface area contributed by atoms with Crippen LogP contribution in [0.3, 0.4) is 0 Å². The van der Waals surface area contributed by atoms with Crippen LogP contribution >= 0.6 is 0 Å². The highest BCUT2D eigenvalue weighted by atomic mass is 16.5. The van der Waals surface area contributed by atoms with Gasteiger partial charge >= 0.3 is 0 Å². The van der Waals surface area contributed by atoms with E-state index < -0.39 is 6.10 Å². The van der Waals surface area contributed by atoms with Gasteiger partial charge in [-0.05, 0) is 48.4 Å². The van der Waals surface area contributed by atoms with Gasteiger partial charge < -0.3 is 9.84 Å². The predicted octanol–water partition coefficient (Wildman–Crippen LogP) is 3.87. The van der Waals surface area contributed by atoms with E-state index in [1.54, 1.807) is 13.1 Å². The lowest BCUT2D eigenvalue weighted by molar-refractivity contribution is 0.199. The Bertz CT molecular complexity index is 736. The molecule has 3 heteroatoms. The summed E-state index contributed by atoms with van der Waals surface area (Å²) in [6.45, 7) is 2.26. The van der Waals surface area contributed by atoms with E-state index in [0.717, 1.165) is 27.8 Å². The van der Waals surface area contributed by atoms with Crippen molar-refractivity contribution in [1.82, 2.24) is 4.98 Å². The van der Waals surface area contributed by atoms with Crippen LogP contribution in [0.1, 0.15) is 24.2 Å². The number of hydrogen-bond acceptors (Lipinski definition) is 3. The summed E-state index contributed by atoms with van der Waals surface area (Å²) in [7, 11) is 0. The van der Waals surface area contributed by atoms with Crippen molar-refractivity contribution >= 4 is 10.9 Å². The molecule has 0 spiro atoms. The molecule has 106 valence electrons. The minimum atomic E-state index is -0.452. The molecule has 0 saturated heterocycles. The van der Waals surface area contributed by atoms with Crippen LogP contribution in [0.4, 0.5) is 0 Å². The van der Waals surface area contributed by atoms with Crippen molar-refractivity contribution in [1.29, 1.82) is 0 Å². The fourth-order valence-electron chi connectivity index (χ4n) is 2.22. The van der Waals surface area contributed by atoms with E-state index in [2.05, 4.69) is 11.1 Å². The third-order valence-corrected chi connectivity index (χ3v) is 3.44. The van der Waals surface area contributed by atoms with Crippen LogP contribution in [0.2, 0.25) is 0 Å². The molecule has 0 bridgehead atoms. The molecule has 3 rings (SSSR count). The summed E-state index contributed by atoms with van der Waals surface area (Å²) in [5.74, 6) is 0.797. The maximum absolute atomic E-state index is 9.48. The Hall–Kier alpha value is -2.39. The average molecular weight is 279 g/mol. The van der Waals surface area contributed by atoms with Crippen LogP contribution in [0.5, 0.6) is 5.75 Å². The van der Waals surface area contributed by atoms with Crippen LogP contribution in [-0.4, -0.2) is 10.1 Å². The van der Waals surface area contributed by atoms with Crippen molar-refractivity contribution in [3.8, 4) is 5.75 Å². The van der Waals surface area contributed by atoms with E-state index in [1.807, 2.05) is 48.5 Å². The highest BCUT2D eigenvalue weighted by molar-refractivity contribution is 5.78. The second-order valence-corrected chi connectivity index (χ2v) is 5.06. The van der Waals surface area contributed by atoms with Crippen LogP contribution in [0, 0.1) is 0 Å².